The molecular weight excluding hydrogens is 488 g/mol. The Morgan fingerprint density at radius 2 is 1.84 bits per heavy atom. The van der Waals surface area contributed by atoms with Crippen LogP contribution in [0.1, 0.15) is 86.5 Å². The van der Waals surface area contributed by atoms with Gasteiger partial charge in [0.1, 0.15) is 5.82 Å². The molecule has 0 unspecified atom stereocenters. The van der Waals surface area contributed by atoms with E-state index in [-0.39, 0.29) is 53.5 Å². The topological polar surface area (TPSA) is 128 Å². The number of aromatic nitrogens is 2. The molecule has 0 bridgehead atoms. The summed E-state index contributed by atoms with van der Waals surface area (Å²) < 4.78 is 15.1. The van der Waals surface area contributed by atoms with Crippen LogP contribution in [0, 0.1) is 11.7 Å². The van der Waals surface area contributed by atoms with Crippen LogP contribution in [0.3, 0.4) is 0 Å². The molecule has 2 atom stereocenters. The molecular formula is C27H35FN3NaO5. The van der Waals surface area contributed by atoms with Gasteiger partial charge < -0.3 is 25.4 Å². The van der Waals surface area contributed by atoms with Crippen molar-refractivity contribution in [2.24, 2.45) is 5.92 Å². The van der Waals surface area contributed by atoms with Crippen molar-refractivity contribution in [2.75, 3.05) is 6.54 Å². The number of aliphatic carboxylic acids is 1. The Morgan fingerprint density at radius 3 is 2.43 bits per heavy atom. The minimum absolute atomic E-state index is 0. The third-order valence-electron chi connectivity index (χ3n) is 6.49. The van der Waals surface area contributed by atoms with Gasteiger partial charge in [0.05, 0.1) is 23.6 Å². The molecule has 2 aromatic rings. The van der Waals surface area contributed by atoms with E-state index in [0.717, 1.165) is 12.8 Å². The van der Waals surface area contributed by atoms with Crippen molar-refractivity contribution in [3.05, 3.63) is 53.1 Å². The second-order valence-electron chi connectivity index (χ2n) is 9.80. The average Bonchev–Trinajstić information content (AvgIpc) is 3.21. The average molecular weight is 524 g/mol. The molecule has 1 aromatic carbocycles. The molecule has 10 heteroatoms. The smallest absolute Gasteiger partial charge is 0.550 e. The second kappa shape index (κ2) is 14.8. The maximum atomic E-state index is 13.6. The summed E-state index contributed by atoms with van der Waals surface area (Å²) >= 11 is 0. The first kappa shape index (κ1) is 31.2. The van der Waals surface area contributed by atoms with Gasteiger partial charge in [0.2, 0.25) is 0 Å². The third kappa shape index (κ3) is 9.04. The van der Waals surface area contributed by atoms with Gasteiger partial charge in [-0.25, -0.2) is 9.07 Å². The summed E-state index contributed by atoms with van der Waals surface area (Å²) in [5.74, 6) is -1.75. The number of benzene rings is 1. The predicted molar refractivity (Wildman–Crippen MR) is 132 cm³/mol. The molecule has 1 aliphatic carbocycles. The van der Waals surface area contributed by atoms with Gasteiger partial charge in [0, 0.05) is 30.9 Å². The molecule has 0 radical (unpaired) electrons. The molecule has 196 valence electrons. The molecule has 8 nitrogen and oxygen atoms in total. The van der Waals surface area contributed by atoms with Gasteiger partial charge in [0.15, 0.2) is 5.69 Å². The first-order chi connectivity index (χ1) is 17.2. The zero-order valence-electron chi connectivity index (χ0n) is 21.8. The van der Waals surface area contributed by atoms with Crippen molar-refractivity contribution in [1.82, 2.24) is 15.1 Å². The maximum absolute atomic E-state index is 13.6. The van der Waals surface area contributed by atoms with Crippen LogP contribution in [0.25, 0.3) is 11.8 Å². The minimum atomic E-state index is -1.40. The van der Waals surface area contributed by atoms with Crippen LogP contribution in [0.4, 0.5) is 4.39 Å². The number of carbonyl (C=O) groups is 2. The van der Waals surface area contributed by atoms with Crippen LogP contribution in [0.5, 0.6) is 0 Å². The Balaban J connectivity index is 0.00000481. The van der Waals surface area contributed by atoms with Gasteiger partial charge >= 0.3 is 29.6 Å². The number of carbonyl (C=O) groups excluding carboxylic acids is 2. The molecule has 0 saturated heterocycles. The summed E-state index contributed by atoms with van der Waals surface area (Å²) in [6.07, 6.45) is 5.61. The fraction of sp³-hybridized carbons (Fsp3) is 0.519. The Hall–Kier alpha value is -2.04. The minimum Gasteiger partial charge on any atom is -0.550 e. The molecule has 37 heavy (non-hydrogen) atoms. The standard InChI is InChI=1S/C27H36FN3O5.Na/c1-17(2)25-23(13-12-21(32)14-22(33)15-24(34)35)31(20-10-8-19(28)9-11-20)30-26(25)27(36)29-16-18-6-4-3-5-7-18;/h8-13,17-18,21-22,32-33H,3-7,14-16H2,1-2H3,(H,29,36)(H,34,35);/q;+1/p-1/t21-,22+;/m0./s1. The molecule has 3 N–H and O–H groups in total. The molecule has 0 spiro atoms. The largest absolute Gasteiger partial charge is 1.00 e. The number of amides is 1. The van der Waals surface area contributed by atoms with E-state index in [2.05, 4.69) is 10.4 Å². The van der Waals surface area contributed by atoms with Crippen LogP contribution < -0.4 is 40.0 Å². The van der Waals surface area contributed by atoms with E-state index >= 15 is 0 Å². The number of aliphatic hydroxyl groups is 2. The van der Waals surface area contributed by atoms with Crippen LogP contribution in [-0.2, 0) is 4.79 Å². The van der Waals surface area contributed by atoms with Crippen molar-refractivity contribution in [3.63, 3.8) is 0 Å². The Labute approximate surface area is 239 Å². The predicted octanol–water partition coefficient (Wildman–Crippen LogP) is -0.286. The van der Waals surface area contributed by atoms with Gasteiger partial charge in [0.25, 0.3) is 5.91 Å². The summed E-state index contributed by atoms with van der Waals surface area (Å²) in [7, 11) is 0. The van der Waals surface area contributed by atoms with E-state index in [1.807, 2.05) is 13.8 Å². The van der Waals surface area contributed by atoms with Crippen molar-refractivity contribution in [2.45, 2.75) is 76.9 Å². The van der Waals surface area contributed by atoms with Gasteiger partial charge in [-0.15, -0.1) is 0 Å². The van der Waals surface area contributed by atoms with Crippen LogP contribution in [0.15, 0.2) is 30.3 Å². The quantitative estimate of drug-likeness (QED) is 0.348. The molecule has 1 saturated carbocycles. The van der Waals surface area contributed by atoms with E-state index in [0.29, 0.717) is 29.4 Å². The summed E-state index contributed by atoms with van der Waals surface area (Å²) in [5.41, 5.74) is 2.00. The molecule has 0 aliphatic heterocycles. The second-order valence-corrected chi connectivity index (χ2v) is 9.80. The molecule has 1 aromatic heterocycles. The van der Waals surface area contributed by atoms with Crippen LogP contribution >= 0.6 is 0 Å². The number of hydrogen-bond donors (Lipinski definition) is 3. The Morgan fingerprint density at radius 1 is 1.19 bits per heavy atom. The molecule has 1 aliphatic rings. The first-order valence-corrected chi connectivity index (χ1v) is 12.6. The summed E-state index contributed by atoms with van der Waals surface area (Å²) in [4.78, 5) is 23.9. The van der Waals surface area contributed by atoms with E-state index in [1.165, 1.54) is 42.2 Å². The van der Waals surface area contributed by atoms with Crippen LogP contribution in [0.2, 0.25) is 0 Å². The SMILES string of the molecule is CC(C)c1c(C(=O)NCC2CCCCC2)nn(-c2ccc(F)cc2)c1C=C[C@H](O)C[C@@H](O)CC(=O)[O-].[Na+]. The molecule has 1 heterocycles. The zero-order valence-corrected chi connectivity index (χ0v) is 23.8. The van der Waals surface area contributed by atoms with Crippen molar-refractivity contribution >= 4 is 18.0 Å². The fourth-order valence-corrected chi connectivity index (χ4v) is 4.67. The zero-order chi connectivity index (χ0) is 26.2. The maximum Gasteiger partial charge on any atom is 1.00 e. The Bertz CT molecular complexity index is 1060. The normalized spacial score (nSPS) is 15.9. The van der Waals surface area contributed by atoms with Gasteiger partial charge in [-0.05, 0) is 55.0 Å². The number of nitrogens with zero attached hydrogens (tertiary/aromatic N) is 2. The fourth-order valence-electron chi connectivity index (χ4n) is 4.67. The summed E-state index contributed by atoms with van der Waals surface area (Å²) in [5, 5.41) is 38.5. The van der Waals surface area contributed by atoms with Crippen LogP contribution in [-0.4, -0.2) is 50.6 Å². The Kier molecular flexibility index (Phi) is 12.5. The number of carboxylic acid groups (broad SMARTS) is 1. The number of nitrogens with one attached hydrogen (secondary N) is 1. The molecule has 1 amide bonds. The van der Waals surface area contributed by atoms with E-state index in [1.54, 1.807) is 18.2 Å². The van der Waals surface area contributed by atoms with E-state index in [9.17, 15) is 29.3 Å². The number of rotatable bonds is 11. The van der Waals surface area contributed by atoms with Crippen molar-refractivity contribution < 1.29 is 58.9 Å². The third-order valence-corrected chi connectivity index (χ3v) is 6.49. The van der Waals surface area contributed by atoms with E-state index in [4.69, 9.17) is 0 Å². The number of carboxylic acids is 1. The summed E-state index contributed by atoms with van der Waals surface area (Å²) in [6.45, 7) is 4.45. The van der Waals surface area contributed by atoms with Crippen molar-refractivity contribution in [3.8, 4) is 5.69 Å². The van der Waals surface area contributed by atoms with Gasteiger partial charge in [-0.1, -0.05) is 39.2 Å². The first-order valence-electron chi connectivity index (χ1n) is 12.6. The molecule has 1 fully saturated rings. The number of halogens is 1. The van der Waals surface area contributed by atoms with Crippen molar-refractivity contribution in [1.29, 1.82) is 0 Å². The van der Waals surface area contributed by atoms with Gasteiger partial charge in [-0.3, -0.25) is 4.79 Å². The monoisotopic (exact) mass is 523 g/mol. The number of aliphatic hydroxyl groups excluding tert-OH is 2. The molecule has 3 rings (SSSR count). The summed E-state index contributed by atoms with van der Waals surface area (Å²) in [6, 6.07) is 5.70. The van der Waals surface area contributed by atoms with Gasteiger partial charge in [-0.2, -0.15) is 5.10 Å². The number of hydrogen-bond acceptors (Lipinski definition) is 6. The van der Waals surface area contributed by atoms with E-state index < -0.39 is 30.4 Å².